The van der Waals surface area contributed by atoms with Crippen molar-refractivity contribution in [2.75, 3.05) is 6.61 Å². The lowest BCUT2D eigenvalue weighted by Gasteiger charge is -2.23. The van der Waals surface area contributed by atoms with E-state index in [4.69, 9.17) is 21.1 Å². The van der Waals surface area contributed by atoms with Crippen molar-refractivity contribution in [3.8, 4) is 6.01 Å². The first-order chi connectivity index (χ1) is 12.3. The summed E-state index contributed by atoms with van der Waals surface area (Å²) in [4.78, 5) is 27.9. The first-order valence-electron chi connectivity index (χ1n) is 7.93. The number of carbonyl (C=O) groups is 1. The SMILES string of the molecule is CC1(COC(=O)N2Cc3ccc(Cl)cc3C2)Cn2cc([N+](=O)[O-])nc2O1. The smallest absolute Gasteiger partial charge is 0.415 e. The number of rotatable bonds is 3. The van der Waals surface area contributed by atoms with E-state index >= 15 is 0 Å². The number of nitrogens with zero attached hydrogens (tertiary/aromatic N) is 4. The minimum absolute atomic E-state index is 0.0105. The van der Waals surface area contributed by atoms with E-state index in [1.165, 1.54) is 6.20 Å². The summed E-state index contributed by atoms with van der Waals surface area (Å²) in [5.74, 6) is -0.271. The molecular weight excluding hydrogens is 364 g/mol. The number of ether oxygens (including phenoxy) is 2. The van der Waals surface area contributed by atoms with E-state index in [-0.39, 0.29) is 18.4 Å². The van der Waals surface area contributed by atoms with Crippen LogP contribution in [0.3, 0.4) is 0 Å². The molecule has 3 heterocycles. The van der Waals surface area contributed by atoms with Gasteiger partial charge in [0.15, 0.2) is 5.60 Å². The van der Waals surface area contributed by atoms with E-state index in [0.717, 1.165) is 11.1 Å². The maximum absolute atomic E-state index is 12.4. The lowest BCUT2D eigenvalue weighted by atomic mass is 10.1. The van der Waals surface area contributed by atoms with Crippen molar-refractivity contribution in [2.24, 2.45) is 0 Å². The van der Waals surface area contributed by atoms with Crippen LogP contribution in [0, 0.1) is 10.1 Å². The Morgan fingerprint density at radius 2 is 2.23 bits per heavy atom. The molecule has 0 aliphatic carbocycles. The topological polar surface area (TPSA) is 99.7 Å². The minimum Gasteiger partial charge on any atom is -0.445 e. The van der Waals surface area contributed by atoms with E-state index < -0.39 is 16.6 Å². The summed E-state index contributed by atoms with van der Waals surface area (Å²) in [6, 6.07) is 5.69. The molecule has 136 valence electrons. The molecule has 9 nitrogen and oxygen atoms in total. The van der Waals surface area contributed by atoms with Crippen molar-refractivity contribution in [1.82, 2.24) is 14.5 Å². The largest absolute Gasteiger partial charge is 0.445 e. The minimum atomic E-state index is -0.816. The van der Waals surface area contributed by atoms with Gasteiger partial charge in [0, 0.05) is 23.1 Å². The van der Waals surface area contributed by atoms with Crippen molar-refractivity contribution in [3.63, 3.8) is 0 Å². The van der Waals surface area contributed by atoms with Gasteiger partial charge in [0.1, 0.15) is 12.8 Å². The number of halogens is 1. The molecule has 1 unspecified atom stereocenters. The predicted octanol–water partition coefficient (Wildman–Crippen LogP) is 2.75. The highest BCUT2D eigenvalue weighted by atomic mass is 35.5. The van der Waals surface area contributed by atoms with Gasteiger partial charge < -0.3 is 19.6 Å². The third kappa shape index (κ3) is 2.94. The maximum atomic E-state index is 12.4. The van der Waals surface area contributed by atoms with Crippen LogP contribution in [-0.4, -0.2) is 37.7 Å². The number of aromatic nitrogens is 2. The molecule has 2 aliphatic rings. The van der Waals surface area contributed by atoms with E-state index in [1.807, 2.05) is 12.1 Å². The summed E-state index contributed by atoms with van der Waals surface area (Å²) in [7, 11) is 0. The van der Waals surface area contributed by atoms with E-state index in [2.05, 4.69) is 4.98 Å². The van der Waals surface area contributed by atoms with Gasteiger partial charge in [-0.15, -0.1) is 0 Å². The van der Waals surface area contributed by atoms with E-state index in [9.17, 15) is 14.9 Å². The molecule has 1 atom stereocenters. The highest BCUT2D eigenvalue weighted by Crippen LogP contribution is 2.32. The van der Waals surface area contributed by atoms with Crippen molar-refractivity contribution < 1.29 is 19.2 Å². The van der Waals surface area contributed by atoms with Gasteiger partial charge in [0.25, 0.3) is 0 Å². The highest BCUT2D eigenvalue weighted by Gasteiger charge is 2.42. The first-order valence-corrected chi connectivity index (χ1v) is 8.30. The number of imidazole rings is 1. The number of hydrogen-bond acceptors (Lipinski definition) is 6. The summed E-state index contributed by atoms with van der Waals surface area (Å²) in [5.41, 5.74) is 1.23. The van der Waals surface area contributed by atoms with E-state index in [0.29, 0.717) is 24.7 Å². The van der Waals surface area contributed by atoms with Crippen molar-refractivity contribution in [1.29, 1.82) is 0 Å². The van der Waals surface area contributed by atoms with Gasteiger partial charge in [-0.2, -0.15) is 0 Å². The molecule has 0 bridgehead atoms. The number of nitro groups is 1. The fraction of sp³-hybridized carbons (Fsp3) is 0.375. The summed E-state index contributed by atoms with van der Waals surface area (Å²) < 4.78 is 12.6. The lowest BCUT2D eigenvalue weighted by molar-refractivity contribution is -0.389. The molecule has 1 amide bonds. The Bertz CT molecular complexity index is 889. The molecular formula is C16H15ClN4O5. The fourth-order valence-corrected chi connectivity index (χ4v) is 3.35. The van der Waals surface area contributed by atoms with E-state index in [1.54, 1.807) is 22.5 Å². The van der Waals surface area contributed by atoms with Crippen LogP contribution in [0.15, 0.2) is 24.4 Å². The number of benzene rings is 1. The van der Waals surface area contributed by atoms with Crippen molar-refractivity contribution in [2.45, 2.75) is 32.2 Å². The molecule has 0 radical (unpaired) electrons. The molecule has 1 aromatic heterocycles. The second-order valence-corrected chi connectivity index (χ2v) is 7.08. The zero-order chi connectivity index (χ0) is 18.5. The Kier molecular flexibility index (Phi) is 3.76. The molecule has 26 heavy (non-hydrogen) atoms. The van der Waals surface area contributed by atoms with Crippen LogP contribution in [0.4, 0.5) is 10.6 Å². The monoisotopic (exact) mass is 378 g/mol. The third-order valence-corrected chi connectivity index (χ3v) is 4.64. The summed E-state index contributed by atoms with van der Waals surface area (Å²) in [5, 5.41) is 11.4. The first kappa shape index (κ1) is 16.6. The molecule has 0 spiro atoms. The summed E-state index contributed by atoms with van der Waals surface area (Å²) in [6.45, 7) is 3.00. The molecule has 0 saturated heterocycles. The molecule has 0 N–H and O–H groups in total. The molecule has 2 aliphatic heterocycles. The number of amides is 1. The molecule has 1 aromatic carbocycles. The maximum Gasteiger partial charge on any atom is 0.415 e. The van der Waals surface area contributed by atoms with Crippen LogP contribution in [0.5, 0.6) is 6.01 Å². The zero-order valence-electron chi connectivity index (χ0n) is 13.8. The summed E-state index contributed by atoms with van der Waals surface area (Å²) in [6.07, 6.45) is 0.862. The quantitative estimate of drug-likeness (QED) is 0.601. The van der Waals surface area contributed by atoms with Crippen LogP contribution >= 0.6 is 11.6 Å². The van der Waals surface area contributed by atoms with Crippen LogP contribution in [0.25, 0.3) is 0 Å². The van der Waals surface area contributed by atoms with Crippen LogP contribution < -0.4 is 4.74 Å². The average molecular weight is 379 g/mol. The standard InChI is InChI=1S/C16H15ClN4O5/c1-16(8-20-7-13(21(23)24)18-14(20)26-16)9-25-15(22)19-5-10-2-3-12(17)4-11(10)6-19/h2-4,7H,5-6,8-9H2,1H3. The molecule has 0 fully saturated rings. The number of fused-ring (bicyclic) bond motifs is 2. The van der Waals surface area contributed by atoms with Gasteiger partial charge in [-0.1, -0.05) is 17.7 Å². The van der Waals surface area contributed by atoms with Crippen LogP contribution in [0.1, 0.15) is 18.1 Å². The molecule has 0 saturated carbocycles. The average Bonchev–Trinajstić information content (AvgIpc) is 3.23. The van der Waals surface area contributed by atoms with Gasteiger partial charge in [0.2, 0.25) is 0 Å². The Morgan fingerprint density at radius 1 is 1.46 bits per heavy atom. The lowest BCUT2D eigenvalue weighted by Crippen LogP contribution is -2.40. The Balaban J connectivity index is 1.35. The zero-order valence-corrected chi connectivity index (χ0v) is 14.6. The van der Waals surface area contributed by atoms with Crippen molar-refractivity contribution in [3.05, 3.63) is 50.7 Å². The summed E-state index contributed by atoms with van der Waals surface area (Å²) >= 11 is 5.98. The Hall–Kier alpha value is -2.81. The predicted molar refractivity (Wildman–Crippen MR) is 90.0 cm³/mol. The molecule has 10 heteroatoms. The van der Waals surface area contributed by atoms with Gasteiger partial charge >= 0.3 is 17.9 Å². The van der Waals surface area contributed by atoms with Crippen molar-refractivity contribution >= 4 is 23.5 Å². The molecule has 4 rings (SSSR count). The Morgan fingerprint density at radius 3 is 2.96 bits per heavy atom. The Labute approximate surface area is 153 Å². The molecule has 2 aromatic rings. The highest BCUT2D eigenvalue weighted by molar-refractivity contribution is 6.30. The van der Waals surface area contributed by atoms with Crippen LogP contribution in [0.2, 0.25) is 5.02 Å². The normalized spacial score (nSPS) is 20.5. The van der Waals surface area contributed by atoms with Gasteiger partial charge in [0.05, 0.1) is 6.54 Å². The van der Waals surface area contributed by atoms with Gasteiger partial charge in [-0.25, -0.2) is 4.79 Å². The van der Waals surface area contributed by atoms with Crippen LogP contribution in [-0.2, 0) is 24.4 Å². The number of carbonyl (C=O) groups excluding carboxylic acids is 1. The third-order valence-electron chi connectivity index (χ3n) is 4.41. The van der Waals surface area contributed by atoms with Gasteiger partial charge in [-0.3, -0.25) is 9.47 Å². The second-order valence-electron chi connectivity index (χ2n) is 6.64. The second kappa shape index (κ2) is 5.87. The fourth-order valence-electron chi connectivity index (χ4n) is 3.15. The number of hydrogen-bond donors (Lipinski definition) is 0. The van der Waals surface area contributed by atoms with Gasteiger partial charge in [-0.05, 0) is 35.1 Å².